The molecule has 1 aliphatic rings. The summed E-state index contributed by atoms with van der Waals surface area (Å²) in [5.41, 5.74) is 8.17. The van der Waals surface area contributed by atoms with Crippen LogP contribution in [0.3, 0.4) is 0 Å². The summed E-state index contributed by atoms with van der Waals surface area (Å²) < 4.78 is 5.38. The molecule has 0 amide bonds. The Hall–Kier alpha value is -2.37. The molecule has 1 aliphatic heterocycles. The lowest BCUT2D eigenvalue weighted by atomic mass is 10.0. The van der Waals surface area contributed by atoms with Crippen molar-refractivity contribution in [2.75, 3.05) is 25.2 Å². The Morgan fingerprint density at radius 2 is 2.04 bits per heavy atom. The van der Waals surface area contributed by atoms with Gasteiger partial charge in [-0.05, 0) is 31.0 Å². The number of hydrogen-bond acceptors (Lipinski definition) is 5. The van der Waals surface area contributed by atoms with E-state index in [4.69, 9.17) is 15.5 Å². The molecule has 132 valence electrons. The predicted molar refractivity (Wildman–Crippen MR) is 103 cm³/mol. The van der Waals surface area contributed by atoms with Crippen LogP contribution >= 0.6 is 0 Å². The van der Waals surface area contributed by atoms with Crippen LogP contribution in [0.5, 0.6) is 5.75 Å². The van der Waals surface area contributed by atoms with E-state index in [0.717, 1.165) is 30.2 Å². The van der Waals surface area contributed by atoms with E-state index in [2.05, 4.69) is 53.5 Å². The van der Waals surface area contributed by atoms with Crippen molar-refractivity contribution in [3.05, 3.63) is 60.2 Å². The number of anilines is 1. The van der Waals surface area contributed by atoms with Crippen molar-refractivity contribution in [2.24, 2.45) is 10.7 Å². The van der Waals surface area contributed by atoms with E-state index in [0.29, 0.717) is 6.67 Å². The normalized spacial score (nSPS) is 18.1. The molecule has 3 rings (SSSR count). The van der Waals surface area contributed by atoms with Crippen LogP contribution in [0.15, 0.2) is 59.6 Å². The number of aliphatic imine (C=N–C) groups is 1. The van der Waals surface area contributed by atoms with E-state index < -0.39 is 0 Å². The summed E-state index contributed by atoms with van der Waals surface area (Å²) in [5, 5.41) is 3.40. The minimum absolute atomic E-state index is 0.0727. The second kappa shape index (κ2) is 8.14. The monoisotopic (exact) mass is 338 g/mol. The number of nitrogens with one attached hydrogen (secondary N) is 1. The average Bonchev–Trinajstić information content (AvgIpc) is 3.04. The second-order valence-electron chi connectivity index (χ2n) is 6.30. The largest absolute Gasteiger partial charge is 0.497 e. The van der Waals surface area contributed by atoms with Gasteiger partial charge in [0.1, 0.15) is 11.6 Å². The van der Waals surface area contributed by atoms with Gasteiger partial charge in [-0.1, -0.05) is 36.4 Å². The SMILES string of the molecule is COc1cccc(N2CC(C)N=C2[C@H](Cc2ccccc2)NCN)c1. The fourth-order valence-electron chi connectivity index (χ4n) is 3.24. The molecule has 0 aromatic heterocycles. The van der Waals surface area contributed by atoms with E-state index in [1.165, 1.54) is 5.56 Å². The average molecular weight is 338 g/mol. The van der Waals surface area contributed by atoms with Crippen LogP contribution in [-0.4, -0.2) is 38.2 Å². The van der Waals surface area contributed by atoms with Crippen molar-refractivity contribution >= 4 is 11.5 Å². The molecule has 0 saturated heterocycles. The summed E-state index contributed by atoms with van der Waals surface area (Å²) in [7, 11) is 1.69. The van der Waals surface area contributed by atoms with E-state index in [-0.39, 0.29) is 12.1 Å². The number of ether oxygens (including phenoxy) is 1. The lowest BCUT2D eigenvalue weighted by Gasteiger charge is -2.27. The fourth-order valence-corrected chi connectivity index (χ4v) is 3.24. The zero-order chi connectivity index (χ0) is 17.6. The van der Waals surface area contributed by atoms with Crippen LogP contribution in [-0.2, 0) is 6.42 Å². The lowest BCUT2D eigenvalue weighted by Crippen LogP contribution is -2.48. The van der Waals surface area contributed by atoms with Gasteiger partial charge < -0.3 is 15.4 Å². The third-order valence-corrected chi connectivity index (χ3v) is 4.40. The van der Waals surface area contributed by atoms with Crippen LogP contribution < -0.4 is 20.7 Å². The summed E-state index contributed by atoms with van der Waals surface area (Å²) in [6, 6.07) is 18.9. The molecule has 1 heterocycles. The summed E-state index contributed by atoms with van der Waals surface area (Å²) in [4.78, 5) is 7.17. The third-order valence-electron chi connectivity index (χ3n) is 4.40. The van der Waals surface area contributed by atoms with Crippen molar-refractivity contribution in [1.82, 2.24) is 5.32 Å². The number of benzene rings is 2. The Kier molecular flexibility index (Phi) is 5.68. The van der Waals surface area contributed by atoms with Gasteiger partial charge in [-0.25, -0.2) is 0 Å². The minimum atomic E-state index is 0.0727. The van der Waals surface area contributed by atoms with Crippen LogP contribution in [0.25, 0.3) is 0 Å². The van der Waals surface area contributed by atoms with Gasteiger partial charge in [0.05, 0.1) is 19.2 Å². The summed E-state index contributed by atoms with van der Waals surface area (Å²) >= 11 is 0. The molecule has 0 fully saturated rings. The molecule has 0 spiro atoms. The van der Waals surface area contributed by atoms with Gasteiger partial charge in [0, 0.05) is 25.0 Å². The van der Waals surface area contributed by atoms with Crippen molar-refractivity contribution in [3.8, 4) is 5.75 Å². The number of amidine groups is 1. The molecule has 2 atom stereocenters. The van der Waals surface area contributed by atoms with E-state index in [9.17, 15) is 0 Å². The maximum Gasteiger partial charge on any atom is 0.121 e. The number of nitrogens with two attached hydrogens (primary N) is 1. The molecule has 5 heteroatoms. The maximum atomic E-state index is 5.81. The number of hydrogen-bond donors (Lipinski definition) is 2. The van der Waals surface area contributed by atoms with Crippen molar-refractivity contribution in [2.45, 2.75) is 25.4 Å². The molecular formula is C20H26N4O. The first-order valence-electron chi connectivity index (χ1n) is 8.68. The van der Waals surface area contributed by atoms with Gasteiger partial charge in [-0.3, -0.25) is 10.3 Å². The van der Waals surface area contributed by atoms with Gasteiger partial charge in [-0.15, -0.1) is 0 Å². The highest BCUT2D eigenvalue weighted by molar-refractivity contribution is 6.03. The Morgan fingerprint density at radius 3 is 2.76 bits per heavy atom. The first kappa shape index (κ1) is 17.5. The van der Waals surface area contributed by atoms with Crippen LogP contribution in [0.4, 0.5) is 5.69 Å². The quantitative estimate of drug-likeness (QED) is 0.761. The van der Waals surface area contributed by atoms with E-state index >= 15 is 0 Å². The maximum absolute atomic E-state index is 5.81. The standard InChI is InChI=1S/C20H26N4O/c1-15-13-24(17-9-6-10-18(12-17)25-2)20(23-15)19(22-14-21)11-16-7-4-3-5-8-16/h3-10,12,15,19,22H,11,13-14,21H2,1-2H3/t15?,19-/m0/s1. The predicted octanol–water partition coefficient (Wildman–Crippen LogP) is 2.42. The highest BCUT2D eigenvalue weighted by Gasteiger charge is 2.29. The highest BCUT2D eigenvalue weighted by Crippen LogP contribution is 2.26. The van der Waals surface area contributed by atoms with Gasteiger partial charge >= 0.3 is 0 Å². The van der Waals surface area contributed by atoms with Gasteiger partial charge in [0.2, 0.25) is 0 Å². The van der Waals surface area contributed by atoms with E-state index in [1.54, 1.807) is 7.11 Å². The molecule has 2 aromatic rings. The smallest absolute Gasteiger partial charge is 0.121 e. The Bertz CT molecular complexity index is 717. The molecule has 5 nitrogen and oxygen atoms in total. The van der Waals surface area contributed by atoms with Gasteiger partial charge in [0.15, 0.2) is 0 Å². The molecule has 0 aliphatic carbocycles. The van der Waals surface area contributed by atoms with Crippen molar-refractivity contribution in [3.63, 3.8) is 0 Å². The number of nitrogens with zero attached hydrogens (tertiary/aromatic N) is 2. The topological polar surface area (TPSA) is 62.9 Å². The molecular weight excluding hydrogens is 312 g/mol. The minimum Gasteiger partial charge on any atom is -0.497 e. The lowest BCUT2D eigenvalue weighted by molar-refractivity contribution is 0.415. The molecule has 3 N–H and O–H groups in total. The zero-order valence-electron chi connectivity index (χ0n) is 14.9. The highest BCUT2D eigenvalue weighted by atomic mass is 16.5. The fraction of sp³-hybridized carbons (Fsp3) is 0.350. The van der Waals surface area contributed by atoms with Crippen LogP contribution in [0, 0.1) is 0 Å². The molecule has 1 unspecified atom stereocenters. The molecule has 2 aromatic carbocycles. The Labute approximate surface area is 149 Å². The molecule has 25 heavy (non-hydrogen) atoms. The summed E-state index contributed by atoms with van der Waals surface area (Å²) in [6.07, 6.45) is 0.851. The second-order valence-corrected chi connectivity index (χ2v) is 6.30. The molecule has 0 bridgehead atoms. The van der Waals surface area contributed by atoms with Crippen LogP contribution in [0.2, 0.25) is 0 Å². The van der Waals surface area contributed by atoms with Gasteiger partial charge in [-0.2, -0.15) is 0 Å². The van der Waals surface area contributed by atoms with Crippen molar-refractivity contribution < 1.29 is 4.74 Å². The van der Waals surface area contributed by atoms with Gasteiger partial charge in [0.25, 0.3) is 0 Å². The first-order valence-corrected chi connectivity index (χ1v) is 8.68. The summed E-state index contributed by atoms with van der Waals surface area (Å²) in [6.45, 7) is 3.42. The molecule has 0 radical (unpaired) electrons. The third kappa shape index (κ3) is 4.18. The Morgan fingerprint density at radius 1 is 1.24 bits per heavy atom. The zero-order valence-corrected chi connectivity index (χ0v) is 14.9. The van der Waals surface area contributed by atoms with Crippen LogP contribution in [0.1, 0.15) is 12.5 Å². The Balaban J connectivity index is 1.88. The summed E-state index contributed by atoms with van der Waals surface area (Å²) in [5.74, 6) is 1.89. The number of methoxy groups -OCH3 is 1. The first-order chi connectivity index (χ1) is 12.2. The molecule has 0 saturated carbocycles. The van der Waals surface area contributed by atoms with E-state index in [1.807, 2.05) is 18.2 Å². The van der Waals surface area contributed by atoms with Crippen molar-refractivity contribution in [1.29, 1.82) is 0 Å². The number of rotatable bonds is 7.